The fourth-order valence-electron chi connectivity index (χ4n) is 3.02. The molecule has 0 amide bonds. The zero-order valence-electron chi connectivity index (χ0n) is 19.2. The minimum Gasteiger partial charge on any atom is -0.497 e. The van der Waals surface area contributed by atoms with Crippen LogP contribution in [0.1, 0.15) is 23.7 Å². The number of aromatic nitrogens is 1. The molecular formula is C25H31IN4O3. The second-order valence-corrected chi connectivity index (χ2v) is 6.98. The number of halogens is 1. The molecule has 0 aliphatic carbocycles. The van der Waals surface area contributed by atoms with Gasteiger partial charge in [-0.3, -0.25) is 4.98 Å². The van der Waals surface area contributed by atoms with Crippen molar-refractivity contribution in [3.63, 3.8) is 0 Å². The van der Waals surface area contributed by atoms with E-state index >= 15 is 0 Å². The van der Waals surface area contributed by atoms with Crippen molar-refractivity contribution < 1.29 is 14.2 Å². The molecule has 3 rings (SSSR count). The molecule has 0 aliphatic rings. The summed E-state index contributed by atoms with van der Waals surface area (Å²) in [7, 11) is 3.29. The highest BCUT2D eigenvalue weighted by Gasteiger charge is 2.06. The lowest BCUT2D eigenvalue weighted by molar-refractivity contribution is 0.301. The number of pyridine rings is 1. The van der Waals surface area contributed by atoms with E-state index in [2.05, 4.69) is 20.6 Å². The van der Waals surface area contributed by atoms with Gasteiger partial charge in [-0.2, -0.15) is 0 Å². The first-order valence-corrected chi connectivity index (χ1v) is 10.6. The number of aliphatic imine (C=N–C) groups is 1. The Morgan fingerprint density at radius 1 is 0.939 bits per heavy atom. The number of ether oxygens (including phenoxy) is 3. The Hall–Kier alpha value is -3.01. The largest absolute Gasteiger partial charge is 0.497 e. The Morgan fingerprint density at radius 3 is 2.39 bits per heavy atom. The van der Waals surface area contributed by atoms with Gasteiger partial charge in [-0.25, -0.2) is 4.99 Å². The van der Waals surface area contributed by atoms with E-state index in [0.29, 0.717) is 19.7 Å². The molecule has 0 bridgehead atoms. The Bertz CT molecular complexity index is 998. The molecule has 2 aromatic carbocycles. The van der Waals surface area contributed by atoms with E-state index in [1.54, 1.807) is 20.4 Å². The van der Waals surface area contributed by atoms with E-state index in [-0.39, 0.29) is 24.0 Å². The fraction of sp³-hybridized carbons (Fsp3) is 0.280. The van der Waals surface area contributed by atoms with Crippen LogP contribution >= 0.6 is 24.0 Å². The van der Waals surface area contributed by atoms with Gasteiger partial charge in [0.15, 0.2) is 5.96 Å². The first kappa shape index (κ1) is 26.2. The summed E-state index contributed by atoms with van der Waals surface area (Å²) in [6, 6.07) is 19.5. The van der Waals surface area contributed by atoms with Crippen molar-refractivity contribution in [3.05, 3.63) is 83.7 Å². The maximum Gasteiger partial charge on any atom is 0.191 e. The molecule has 0 saturated heterocycles. The molecule has 1 aromatic heterocycles. The zero-order chi connectivity index (χ0) is 22.6. The van der Waals surface area contributed by atoms with Gasteiger partial charge in [-0.15, -0.1) is 24.0 Å². The molecule has 0 unspecified atom stereocenters. The standard InChI is InChI=1S/C25H30N4O3.HI/c1-4-26-25(29-17-20-10-13-23(30-2)15-24(20)31-3)28-16-19-8-11-22(12-9-19)32-18-21-7-5-6-14-27-21;/h5-15H,4,16-18H2,1-3H3,(H2,26,28,29);1H. The summed E-state index contributed by atoms with van der Waals surface area (Å²) in [5, 5.41) is 6.63. The number of rotatable bonds is 10. The van der Waals surface area contributed by atoms with Gasteiger partial charge in [0.05, 0.1) is 26.5 Å². The van der Waals surface area contributed by atoms with Crippen molar-refractivity contribution in [2.75, 3.05) is 20.8 Å². The summed E-state index contributed by atoms with van der Waals surface area (Å²) in [6.07, 6.45) is 1.76. The predicted molar refractivity (Wildman–Crippen MR) is 142 cm³/mol. The van der Waals surface area contributed by atoms with Crippen LogP contribution in [0.4, 0.5) is 0 Å². The predicted octanol–water partition coefficient (Wildman–Crippen LogP) is 4.55. The Labute approximate surface area is 212 Å². The summed E-state index contributed by atoms with van der Waals surface area (Å²) < 4.78 is 16.5. The van der Waals surface area contributed by atoms with E-state index < -0.39 is 0 Å². The topological polar surface area (TPSA) is 77.0 Å². The summed E-state index contributed by atoms with van der Waals surface area (Å²) in [4.78, 5) is 8.96. The third-order valence-electron chi connectivity index (χ3n) is 4.74. The molecule has 33 heavy (non-hydrogen) atoms. The van der Waals surface area contributed by atoms with Crippen LogP contribution in [-0.4, -0.2) is 31.7 Å². The average Bonchev–Trinajstić information content (AvgIpc) is 2.85. The van der Waals surface area contributed by atoms with E-state index in [1.807, 2.05) is 67.6 Å². The molecule has 0 fully saturated rings. The number of hydrogen-bond acceptors (Lipinski definition) is 5. The van der Waals surface area contributed by atoms with Crippen LogP contribution in [0.3, 0.4) is 0 Å². The number of nitrogens with one attached hydrogen (secondary N) is 2. The molecular weight excluding hydrogens is 531 g/mol. The van der Waals surface area contributed by atoms with Gasteiger partial charge in [-0.1, -0.05) is 18.2 Å². The number of methoxy groups -OCH3 is 2. The highest BCUT2D eigenvalue weighted by Crippen LogP contribution is 2.24. The van der Waals surface area contributed by atoms with Crippen LogP contribution in [0.15, 0.2) is 71.9 Å². The van der Waals surface area contributed by atoms with E-state index in [0.717, 1.165) is 46.6 Å². The van der Waals surface area contributed by atoms with Gasteiger partial charge >= 0.3 is 0 Å². The minimum absolute atomic E-state index is 0. The molecule has 1 heterocycles. The summed E-state index contributed by atoms with van der Waals surface area (Å²) >= 11 is 0. The first-order valence-electron chi connectivity index (χ1n) is 10.6. The maximum absolute atomic E-state index is 5.79. The molecule has 2 N–H and O–H groups in total. The normalized spacial score (nSPS) is 10.7. The number of benzene rings is 2. The molecule has 3 aromatic rings. The van der Waals surface area contributed by atoms with Gasteiger partial charge in [0, 0.05) is 30.9 Å². The van der Waals surface area contributed by atoms with Gasteiger partial charge in [0.2, 0.25) is 0 Å². The first-order chi connectivity index (χ1) is 15.7. The van der Waals surface area contributed by atoms with Crippen molar-refractivity contribution in [2.24, 2.45) is 4.99 Å². The van der Waals surface area contributed by atoms with Crippen molar-refractivity contribution in [3.8, 4) is 17.2 Å². The van der Waals surface area contributed by atoms with Crippen LogP contribution in [0.2, 0.25) is 0 Å². The third kappa shape index (κ3) is 8.45. The van der Waals surface area contributed by atoms with E-state index in [4.69, 9.17) is 14.2 Å². The van der Waals surface area contributed by atoms with Gasteiger partial charge in [0.25, 0.3) is 0 Å². The van der Waals surface area contributed by atoms with Gasteiger partial charge < -0.3 is 24.8 Å². The summed E-state index contributed by atoms with van der Waals surface area (Å²) in [6.45, 7) is 4.39. The Balaban J connectivity index is 0.00000385. The van der Waals surface area contributed by atoms with Crippen LogP contribution in [0, 0.1) is 0 Å². The maximum atomic E-state index is 5.79. The van der Waals surface area contributed by atoms with Crippen molar-refractivity contribution in [1.82, 2.24) is 15.6 Å². The molecule has 7 nitrogen and oxygen atoms in total. The molecule has 0 spiro atoms. The minimum atomic E-state index is 0. The van der Waals surface area contributed by atoms with Gasteiger partial charge in [0.1, 0.15) is 23.9 Å². The average molecular weight is 562 g/mol. The zero-order valence-corrected chi connectivity index (χ0v) is 21.5. The van der Waals surface area contributed by atoms with Crippen LogP contribution in [-0.2, 0) is 19.7 Å². The van der Waals surface area contributed by atoms with E-state index in [1.165, 1.54) is 0 Å². The Morgan fingerprint density at radius 2 is 1.73 bits per heavy atom. The molecule has 0 saturated carbocycles. The van der Waals surface area contributed by atoms with Crippen LogP contribution < -0.4 is 24.8 Å². The van der Waals surface area contributed by atoms with Crippen molar-refractivity contribution in [1.29, 1.82) is 0 Å². The quantitative estimate of drug-likeness (QED) is 0.215. The second-order valence-electron chi connectivity index (χ2n) is 6.98. The molecule has 176 valence electrons. The van der Waals surface area contributed by atoms with Crippen molar-refractivity contribution >= 4 is 29.9 Å². The third-order valence-corrected chi connectivity index (χ3v) is 4.74. The smallest absolute Gasteiger partial charge is 0.191 e. The monoisotopic (exact) mass is 562 g/mol. The lowest BCUT2D eigenvalue weighted by Gasteiger charge is -2.14. The number of hydrogen-bond donors (Lipinski definition) is 2. The second kappa shape index (κ2) is 14.2. The highest BCUT2D eigenvalue weighted by atomic mass is 127. The number of guanidine groups is 1. The lowest BCUT2D eigenvalue weighted by Crippen LogP contribution is -2.36. The van der Waals surface area contributed by atoms with Crippen molar-refractivity contribution in [2.45, 2.75) is 26.6 Å². The van der Waals surface area contributed by atoms with Crippen LogP contribution in [0.5, 0.6) is 17.2 Å². The summed E-state index contributed by atoms with van der Waals surface area (Å²) in [5.41, 5.74) is 3.01. The lowest BCUT2D eigenvalue weighted by atomic mass is 10.2. The fourth-order valence-corrected chi connectivity index (χ4v) is 3.02. The number of nitrogens with zero attached hydrogens (tertiary/aromatic N) is 2. The molecule has 0 atom stereocenters. The Kier molecular flexibility index (Phi) is 11.3. The van der Waals surface area contributed by atoms with Crippen LogP contribution in [0.25, 0.3) is 0 Å². The summed E-state index contributed by atoms with van der Waals surface area (Å²) in [5.74, 6) is 3.08. The molecule has 0 aliphatic heterocycles. The highest BCUT2D eigenvalue weighted by molar-refractivity contribution is 14.0. The SMILES string of the molecule is CCNC(=NCc1ccc(OCc2ccccn2)cc1)NCc1ccc(OC)cc1OC.I. The van der Waals surface area contributed by atoms with Gasteiger partial charge in [-0.05, 0) is 48.9 Å². The molecule has 8 heteroatoms. The molecule has 0 radical (unpaired) electrons. The van der Waals surface area contributed by atoms with E-state index in [9.17, 15) is 0 Å².